The second kappa shape index (κ2) is 6.25. The van der Waals surface area contributed by atoms with Gasteiger partial charge in [0.15, 0.2) is 0 Å². The van der Waals surface area contributed by atoms with Gasteiger partial charge in [0.25, 0.3) is 0 Å². The van der Waals surface area contributed by atoms with Crippen LogP contribution in [0.5, 0.6) is 5.88 Å². The molecule has 2 N–H and O–H groups in total. The number of urea groups is 1. The van der Waals surface area contributed by atoms with Gasteiger partial charge in [0.05, 0.1) is 19.0 Å². The Balaban J connectivity index is 1.95. The highest BCUT2D eigenvalue weighted by molar-refractivity contribution is 5.99. The molecule has 1 aromatic heterocycles. The summed E-state index contributed by atoms with van der Waals surface area (Å²) in [5, 5.41) is 5.35. The summed E-state index contributed by atoms with van der Waals surface area (Å²) in [7, 11) is 1.53. The number of pyridine rings is 1. The Hall–Kier alpha value is -3.00. The normalized spacial score (nSPS) is 9.40. The SMILES string of the molecule is C#Cc1ccc(NC(=O)Nc2ccc(OC)nc2)cc1. The number of methoxy groups -OCH3 is 1. The van der Waals surface area contributed by atoms with E-state index in [0.717, 1.165) is 5.56 Å². The number of carbonyl (C=O) groups is 1. The summed E-state index contributed by atoms with van der Waals surface area (Å²) in [6.45, 7) is 0. The highest BCUT2D eigenvalue weighted by atomic mass is 16.5. The number of carbonyl (C=O) groups excluding carboxylic acids is 1. The van der Waals surface area contributed by atoms with Gasteiger partial charge in [-0.05, 0) is 30.3 Å². The number of benzene rings is 1. The molecule has 2 amide bonds. The van der Waals surface area contributed by atoms with Gasteiger partial charge >= 0.3 is 6.03 Å². The number of hydrogen-bond acceptors (Lipinski definition) is 3. The van der Waals surface area contributed by atoms with Crippen molar-refractivity contribution in [3.05, 3.63) is 48.2 Å². The van der Waals surface area contributed by atoms with Gasteiger partial charge in [-0.1, -0.05) is 5.92 Å². The van der Waals surface area contributed by atoms with Crippen LogP contribution in [0.3, 0.4) is 0 Å². The monoisotopic (exact) mass is 267 g/mol. The van der Waals surface area contributed by atoms with E-state index in [2.05, 4.69) is 21.5 Å². The van der Waals surface area contributed by atoms with E-state index in [-0.39, 0.29) is 6.03 Å². The third-order valence-corrected chi connectivity index (χ3v) is 2.51. The van der Waals surface area contributed by atoms with E-state index in [4.69, 9.17) is 11.2 Å². The predicted octanol–water partition coefficient (Wildman–Crippen LogP) is 2.72. The second-order valence-corrected chi connectivity index (χ2v) is 3.89. The summed E-state index contributed by atoms with van der Waals surface area (Å²) in [6, 6.07) is 9.99. The van der Waals surface area contributed by atoms with Crippen molar-refractivity contribution in [1.29, 1.82) is 0 Å². The molecule has 0 bridgehead atoms. The molecule has 0 aliphatic heterocycles. The Morgan fingerprint density at radius 2 is 1.80 bits per heavy atom. The molecule has 2 aromatic rings. The first-order valence-electron chi connectivity index (χ1n) is 5.86. The molecule has 0 saturated carbocycles. The summed E-state index contributed by atoms with van der Waals surface area (Å²) in [5.41, 5.74) is 1.99. The van der Waals surface area contributed by atoms with Crippen molar-refractivity contribution in [3.8, 4) is 18.2 Å². The zero-order valence-corrected chi connectivity index (χ0v) is 10.9. The summed E-state index contributed by atoms with van der Waals surface area (Å²) in [4.78, 5) is 15.8. The van der Waals surface area contributed by atoms with Gasteiger partial charge in [0, 0.05) is 17.3 Å². The molecule has 100 valence electrons. The van der Waals surface area contributed by atoms with E-state index in [1.807, 2.05) is 0 Å². The van der Waals surface area contributed by atoms with E-state index in [9.17, 15) is 4.79 Å². The lowest BCUT2D eigenvalue weighted by atomic mass is 10.2. The fourth-order valence-electron chi connectivity index (χ4n) is 1.52. The molecular weight excluding hydrogens is 254 g/mol. The maximum atomic E-state index is 11.8. The van der Waals surface area contributed by atoms with Crippen LogP contribution in [0.2, 0.25) is 0 Å². The number of nitrogens with one attached hydrogen (secondary N) is 2. The number of terminal acetylenes is 1. The molecule has 0 aliphatic carbocycles. The third-order valence-electron chi connectivity index (χ3n) is 2.51. The molecule has 0 radical (unpaired) electrons. The average molecular weight is 267 g/mol. The minimum atomic E-state index is -0.356. The smallest absolute Gasteiger partial charge is 0.323 e. The second-order valence-electron chi connectivity index (χ2n) is 3.89. The van der Waals surface area contributed by atoms with E-state index in [1.54, 1.807) is 36.4 Å². The number of anilines is 2. The molecular formula is C15H13N3O2. The molecule has 5 nitrogen and oxygen atoms in total. The van der Waals surface area contributed by atoms with Crippen LogP contribution in [-0.2, 0) is 0 Å². The lowest BCUT2D eigenvalue weighted by molar-refractivity contribution is 0.262. The molecule has 20 heavy (non-hydrogen) atoms. The molecule has 5 heteroatoms. The zero-order chi connectivity index (χ0) is 14.4. The Labute approximate surface area is 117 Å². The highest BCUT2D eigenvalue weighted by Gasteiger charge is 2.03. The van der Waals surface area contributed by atoms with Crippen molar-refractivity contribution >= 4 is 17.4 Å². The number of hydrogen-bond donors (Lipinski definition) is 2. The van der Waals surface area contributed by atoms with Gasteiger partial charge in [-0.3, -0.25) is 0 Å². The van der Waals surface area contributed by atoms with Crippen LogP contribution in [0.4, 0.5) is 16.2 Å². The quantitative estimate of drug-likeness (QED) is 0.840. The molecule has 0 atom stereocenters. The first kappa shape index (κ1) is 13.4. The van der Waals surface area contributed by atoms with Crippen LogP contribution in [0.1, 0.15) is 5.56 Å². The summed E-state index contributed by atoms with van der Waals surface area (Å²) in [6.07, 6.45) is 6.77. The van der Waals surface area contributed by atoms with Gasteiger partial charge in [0.1, 0.15) is 0 Å². The van der Waals surface area contributed by atoms with E-state index >= 15 is 0 Å². The van der Waals surface area contributed by atoms with E-state index in [1.165, 1.54) is 13.3 Å². The Morgan fingerprint density at radius 3 is 2.35 bits per heavy atom. The Morgan fingerprint density at radius 1 is 1.15 bits per heavy atom. The Bertz CT molecular complexity index is 628. The van der Waals surface area contributed by atoms with Crippen LogP contribution < -0.4 is 15.4 Å². The largest absolute Gasteiger partial charge is 0.481 e. The standard InChI is InChI=1S/C15H13N3O2/c1-3-11-4-6-12(7-5-11)17-15(19)18-13-8-9-14(20-2)16-10-13/h1,4-10H,2H3,(H2,17,18,19). The molecule has 1 heterocycles. The van der Waals surface area contributed by atoms with Crippen LogP contribution >= 0.6 is 0 Å². The third kappa shape index (κ3) is 3.50. The number of ether oxygens (including phenoxy) is 1. The summed E-state index contributed by atoms with van der Waals surface area (Å²) in [5.74, 6) is 3.00. The van der Waals surface area contributed by atoms with Crippen LogP contribution in [0.15, 0.2) is 42.6 Å². The number of nitrogens with zero attached hydrogens (tertiary/aromatic N) is 1. The van der Waals surface area contributed by atoms with Crippen molar-refractivity contribution in [2.45, 2.75) is 0 Å². The minimum Gasteiger partial charge on any atom is -0.481 e. The highest BCUT2D eigenvalue weighted by Crippen LogP contribution is 2.12. The van der Waals surface area contributed by atoms with E-state index in [0.29, 0.717) is 17.3 Å². The fourth-order valence-corrected chi connectivity index (χ4v) is 1.52. The van der Waals surface area contributed by atoms with Crippen molar-refractivity contribution in [2.75, 3.05) is 17.7 Å². The lowest BCUT2D eigenvalue weighted by Crippen LogP contribution is -2.19. The zero-order valence-electron chi connectivity index (χ0n) is 10.9. The predicted molar refractivity (Wildman–Crippen MR) is 77.8 cm³/mol. The maximum absolute atomic E-state index is 11.8. The fraction of sp³-hybridized carbons (Fsp3) is 0.0667. The minimum absolute atomic E-state index is 0.356. The van der Waals surface area contributed by atoms with Gasteiger partial charge in [-0.25, -0.2) is 9.78 Å². The first-order valence-corrected chi connectivity index (χ1v) is 5.86. The maximum Gasteiger partial charge on any atom is 0.323 e. The molecule has 0 spiro atoms. The summed E-state index contributed by atoms with van der Waals surface area (Å²) >= 11 is 0. The van der Waals surface area contributed by atoms with Gasteiger partial charge < -0.3 is 15.4 Å². The summed E-state index contributed by atoms with van der Waals surface area (Å²) < 4.78 is 4.94. The molecule has 2 rings (SSSR count). The molecule has 1 aromatic carbocycles. The van der Waals surface area contributed by atoms with E-state index < -0.39 is 0 Å². The topological polar surface area (TPSA) is 63.2 Å². The molecule has 0 unspecified atom stereocenters. The van der Waals surface area contributed by atoms with Crippen molar-refractivity contribution in [3.63, 3.8) is 0 Å². The molecule has 0 aliphatic rings. The van der Waals surface area contributed by atoms with Gasteiger partial charge in [-0.2, -0.15) is 0 Å². The van der Waals surface area contributed by atoms with Gasteiger partial charge in [0.2, 0.25) is 5.88 Å². The van der Waals surface area contributed by atoms with Crippen LogP contribution in [0.25, 0.3) is 0 Å². The van der Waals surface area contributed by atoms with Crippen molar-refractivity contribution in [2.24, 2.45) is 0 Å². The molecule has 0 fully saturated rings. The average Bonchev–Trinajstić information content (AvgIpc) is 2.49. The number of amides is 2. The first-order chi connectivity index (χ1) is 9.71. The lowest BCUT2D eigenvalue weighted by Gasteiger charge is -2.07. The van der Waals surface area contributed by atoms with Gasteiger partial charge in [-0.15, -0.1) is 6.42 Å². The number of aromatic nitrogens is 1. The van der Waals surface area contributed by atoms with Crippen molar-refractivity contribution < 1.29 is 9.53 Å². The Kier molecular flexibility index (Phi) is 4.20. The van der Waals surface area contributed by atoms with Crippen LogP contribution in [0, 0.1) is 12.3 Å². The number of rotatable bonds is 3. The van der Waals surface area contributed by atoms with Crippen molar-refractivity contribution in [1.82, 2.24) is 4.98 Å². The molecule has 0 saturated heterocycles. The van der Waals surface area contributed by atoms with Crippen LogP contribution in [-0.4, -0.2) is 18.1 Å².